The third-order valence-corrected chi connectivity index (χ3v) is 2.82. The summed E-state index contributed by atoms with van der Waals surface area (Å²) < 4.78 is 0. The Hall–Kier alpha value is -0.790. The topological polar surface area (TPSA) is 43.1 Å². The SMILES string of the molecule is CC/C=C/[C@H]1CC[C@H](C(N)=O)CC1. The van der Waals surface area contributed by atoms with E-state index in [9.17, 15) is 4.79 Å². The van der Waals surface area contributed by atoms with E-state index in [4.69, 9.17) is 5.73 Å². The molecule has 0 unspecified atom stereocenters. The number of carbonyl (C=O) groups is 1. The predicted octanol–water partition coefficient (Wildman–Crippen LogP) is 2.24. The second-order valence-corrected chi connectivity index (χ2v) is 3.85. The molecule has 0 bridgehead atoms. The first kappa shape index (κ1) is 10.3. The van der Waals surface area contributed by atoms with E-state index < -0.39 is 0 Å². The van der Waals surface area contributed by atoms with Crippen LogP contribution in [0.3, 0.4) is 0 Å². The van der Waals surface area contributed by atoms with Gasteiger partial charge in [0.1, 0.15) is 0 Å². The van der Waals surface area contributed by atoms with Gasteiger partial charge in [0.25, 0.3) is 0 Å². The third-order valence-electron chi connectivity index (χ3n) is 2.82. The van der Waals surface area contributed by atoms with Crippen LogP contribution in [0.25, 0.3) is 0 Å². The summed E-state index contributed by atoms with van der Waals surface area (Å²) in [7, 11) is 0. The molecule has 0 radical (unpaired) electrons. The number of hydrogen-bond donors (Lipinski definition) is 1. The smallest absolute Gasteiger partial charge is 0.220 e. The molecule has 0 atom stereocenters. The van der Waals surface area contributed by atoms with Crippen molar-refractivity contribution in [3.63, 3.8) is 0 Å². The van der Waals surface area contributed by atoms with Gasteiger partial charge in [0.15, 0.2) is 0 Å². The molecule has 13 heavy (non-hydrogen) atoms. The lowest BCUT2D eigenvalue weighted by Gasteiger charge is -2.24. The van der Waals surface area contributed by atoms with Gasteiger partial charge in [-0.25, -0.2) is 0 Å². The van der Waals surface area contributed by atoms with Crippen LogP contribution in [0.15, 0.2) is 12.2 Å². The maximum atomic E-state index is 10.9. The van der Waals surface area contributed by atoms with Crippen LogP contribution in [0, 0.1) is 11.8 Å². The lowest BCUT2D eigenvalue weighted by molar-refractivity contribution is -0.122. The number of carbonyl (C=O) groups excluding carboxylic acids is 1. The zero-order valence-corrected chi connectivity index (χ0v) is 8.33. The lowest BCUT2D eigenvalue weighted by atomic mass is 9.81. The van der Waals surface area contributed by atoms with Crippen LogP contribution in [0.4, 0.5) is 0 Å². The van der Waals surface area contributed by atoms with Crippen LogP contribution in [0.5, 0.6) is 0 Å². The van der Waals surface area contributed by atoms with E-state index in [1.807, 2.05) is 0 Å². The Morgan fingerprint density at radius 2 is 2.00 bits per heavy atom. The zero-order chi connectivity index (χ0) is 9.68. The van der Waals surface area contributed by atoms with Gasteiger partial charge in [-0.05, 0) is 38.0 Å². The second-order valence-electron chi connectivity index (χ2n) is 3.85. The molecule has 1 saturated carbocycles. The number of hydrogen-bond acceptors (Lipinski definition) is 1. The zero-order valence-electron chi connectivity index (χ0n) is 8.33. The quantitative estimate of drug-likeness (QED) is 0.667. The summed E-state index contributed by atoms with van der Waals surface area (Å²) in [6.07, 6.45) is 9.83. The van der Waals surface area contributed by atoms with Crippen molar-refractivity contribution >= 4 is 5.91 Å². The minimum Gasteiger partial charge on any atom is -0.369 e. The van der Waals surface area contributed by atoms with Crippen LogP contribution in [0.2, 0.25) is 0 Å². The summed E-state index contributed by atoms with van der Waals surface area (Å²) in [6.45, 7) is 2.14. The van der Waals surface area contributed by atoms with Crippen molar-refractivity contribution in [1.82, 2.24) is 0 Å². The van der Waals surface area contributed by atoms with Crippen LogP contribution in [-0.2, 0) is 4.79 Å². The molecule has 0 aromatic heterocycles. The van der Waals surface area contributed by atoms with E-state index in [0.29, 0.717) is 5.92 Å². The van der Waals surface area contributed by atoms with Gasteiger partial charge in [-0.3, -0.25) is 4.79 Å². The van der Waals surface area contributed by atoms with Gasteiger partial charge in [-0.1, -0.05) is 19.1 Å². The largest absolute Gasteiger partial charge is 0.369 e. The Balaban J connectivity index is 2.30. The summed E-state index contributed by atoms with van der Waals surface area (Å²) in [5.41, 5.74) is 5.26. The molecule has 0 aliphatic heterocycles. The standard InChI is InChI=1S/C11H19NO/c1-2-3-4-9-5-7-10(8-6-9)11(12)13/h3-4,9-10H,2,5-8H2,1H3,(H2,12,13)/b4-3+/t9-,10-. The first-order valence-electron chi connectivity index (χ1n) is 5.20. The fraction of sp³-hybridized carbons (Fsp3) is 0.727. The molecule has 0 saturated heterocycles. The summed E-state index contributed by atoms with van der Waals surface area (Å²) in [6, 6.07) is 0. The minimum atomic E-state index is -0.113. The third kappa shape index (κ3) is 3.21. The second kappa shape index (κ2) is 5.05. The van der Waals surface area contributed by atoms with E-state index in [2.05, 4.69) is 19.1 Å². The van der Waals surface area contributed by atoms with Gasteiger partial charge in [-0.15, -0.1) is 0 Å². The molecular weight excluding hydrogens is 162 g/mol. The maximum Gasteiger partial charge on any atom is 0.220 e. The molecule has 2 N–H and O–H groups in total. The Labute approximate surface area is 80.2 Å². The molecule has 1 rings (SSSR count). The molecule has 0 aromatic carbocycles. The Bertz CT molecular complexity index is 190. The van der Waals surface area contributed by atoms with Gasteiger partial charge in [0, 0.05) is 5.92 Å². The highest BCUT2D eigenvalue weighted by Gasteiger charge is 2.22. The highest BCUT2D eigenvalue weighted by atomic mass is 16.1. The summed E-state index contributed by atoms with van der Waals surface area (Å²) in [5, 5.41) is 0. The average Bonchev–Trinajstić information content (AvgIpc) is 2.15. The highest BCUT2D eigenvalue weighted by Crippen LogP contribution is 2.29. The Morgan fingerprint density at radius 3 is 2.46 bits per heavy atom. The van der Waals surface area contributed by atoms with Crippen LogP contribution >= 0.6 is 0 Å². The fourth-order valence-corrected chi connectivity index (χ4v) is 1.92. The number of rotatable bonds is 3. The molecule has 0 spiro atoms. The maximum absolute atomic E-state index is 10.9. The van der Waals surface area contributed by atoms with Crippen molar-refractivity contribution in [2.24, 2.45) is 17.6 Å². The number of primary amides is 1. The van der Waals surface area contributed by atoms with Gasteiger partial charge in [-0.2, -0.15) is 0 Å². The molecule has 1 amide bonds. The van der Waals surface area contributed by atoms with Gasteiger partial charge in [0.05, 0.1) is 0 Å². The minimum absolute atomic E-state index is 0.113. The summed E-state index contributed by atoms with van der Waals surface area (Å²) in [4.78, 5) is 10.9. The predicted molar refractivity (Wildman–Crippen MR) is 54.1 cm³/mol. The van der Waals surface area contributed by atoms with Crippen LogP contribution in [-0.4, -0.2) is 5.91 Å². The number of amides is 1. The van der Waals surface area contributed by atoms with E-state index in [0.717, 1.165) is 32.1 Å². The van der Waals surface area contributed by atoms with Gasteiger partial charge >= 0.3 is 0 Å². The van der Waals surface area contributed by atoms with Crippen molar-refractivity contribution < 1.29 is 4.79 Å². The Kier molecular flexibility index (Phi) is 4.00. The van der Waals surface area contributed by atoms with Crippen LogP contribution in [0.1, 0.15) is 39.0 Å². The lowest BCUT2D eigenvalue weighted by Crippen LogP contribution is -2.27. The van der Waals surface area contributed by atoms with E-state index in [1.165, 1.54) is 0 Å². The molecule has 2 heteroatoms. The van der Waals surface area contributed by atoms with E-state index in [1.54, 1.807) is 0 Å². The van der Waals surface area contributed by atoms with Crippen molar-refractivity contribution in [2.75, 3.05) is 0 Å². The number of nitrogens with two attached hydrogens (primary N) is 1. The average molecular weight is 181 g/mol. The molecule has 1 aliphatic rings. The van der Waals surface area contributed by atoms with Crippen molar-refractivity contribution in [2.45, 2.75) is 39.0 Å². The van der Waals surface area contributed by atoms with Crippen LogP contribution < -0.4 is 5.73 Å². The molecule has 0 aromatic rings. The normalized spacial score (nSPS) is 29.3. The molecular formula is C11H19NO. The molecule has 1 aliphatic carbocycles. The molecule has 2 nitrogen and oxygen atoms in total. The van der Waals surface area contributed by atoms with Gasteiger partial charge < -0.3 is 5.73 Å². The molecule has 74 valence electrons. The van der Waals surface area contributed by atoms with Gasteiger partial charge in [0.2, 0.25) is 5.91 Å². The number of allylic oxidation sites excluding steroid dienone is 2. The highest BCUT2D eigenvalue weighted by molar-refractivity contribution is 5.76. The van der Waals surface area contributed by atoms with E-state index in [-0.39, 0.29) is 11.8 Å². The van der Waals surface area contributed by atoms with Crippen molar-refractivity contribution in [3.05, 3.63) is 12.2 Å². The first-order chi connectivity index (χ1) is 6.24. The fourth-order valence-electron chi connectivity index (χ4n) is 1.92. The Morgan fingerprint density at radius 1 is 1.38 bits per heavy atom. The molecule has 0 heterocycles. The monoisotopic (exact) mass is 181 g/mol. The summed E-state index contributed by atoms with van der Waals surface area (Å²) >= 11 is 0. The molecule has 1 fully saturated rings. The van der Waals surface area contributed by atoms with Crippen molar-refractivity contribution in [3.8, 4) is 0 Å². The first-order valence-corrected chi connectivity index (χ1v) is 5.20. The van der Waals surface area contributed by atoms with Crippen molar-refractivity contribution in [1.29, 1.82) is 0 Å². The van der Waals surface area contributed by atoms with E-state index >= 15 is 0 Å². The summed E-state index contributed by atoms with van der Waals surface area (Å²) in [5.74, 6) is 0.722.